The number of halogens is 3. The van der Waals surface area contributed by atoms with E-state index in [1.54, 1.807) is 50.4 Å². The number of fused-ring (bicyclic) bond motifs is 2. The maximum Gasteiger partial charge on any atom is 0.274 e. The van der Waals surface area contributed by atoms with Crippen LogP contribution in [0.3, 0.4) is 0 Å². The van der Waals surface area contributed by atoms with Crippen LogP contribution in [0, 0.1) is 0 Å². The molecule has 2 fully saturated rings. The number of anilines is 2. The van der Waals surface area contributed by atoms with Crippen molar-refractivity contribution in [2.75, 3.05) is 25.0 Å². The molecule has 0 bridgehead atoms. The molecule has 2 aliphatic rings. The van der Waals surface area contributed by atoms with Crippen LogP contribution in [-0.4, -0.2) is 64.2 Å². The zero-order valence-corrected chi connectivity index (χ0v) is 24.3. The lowest BCUT2D eigenvalue weighted by molar-refractivity contribution is -0.0641. The summed E-state index contributed by atoms with van der Waals surface area (Å²) in [6.45, 7) is 1.39. The lowest BCUT2D eigenvalue weighted by Crippen LogP contribution is -2.43. The van der Waals surface area contributed by atoms with Crippen molar-refractivity contribution in [3.63, 3.8) is 0 Å². The highest BCUT2D eigenvalue weighted by Gasteiger charge is 2.34. The summed E-state index contributed by atoms with van der Waals surface area (Å²) >= 11 is 6.79. The van der Waals surface area contributed by atoms with Gasteiger partial charge in [0.1, 0.15) is 21.7 Å². The molecular weight excluding hydrogens is 580 g/mol. The van der Waals surface area contributed by atoms with Crippen molar-refractivity contribution < 1.29 is 13.5 Å². The van der Waals surface area contributed by atoms with Crippen molar-refractivity contribution in [3.8, 4) is 11.5 Å². The molecule has 0 radical (unpaired) electrons. The summed E-state index contributed by atoms with van der Waals surface area (Å²) < 4.78 is 38.8. The first kappa shape index (κ1) is 27.7. The number of likely N-dealkylation sites (tertiary alicyclic amines) is 1. The van der Waals surface area contributed by atoms with Gasteiger partial charge in [0.05, 0.1) is 25.1 Å². The van der Waals surface area contributed by atoms with E-state index in [-0.39, 0.29) is 18.5 Å². The van der Waals surface area contributed by atoms with Crippen molar-refractivity contribution in [2.24, 2.45) is 7.05 Å². The predicted molar refractivity (Wildman–Crippen MR) is 158 cm³/mol. The Kier molecular flexibility index (Phi) is 7.01. The molecule has 7 rings (SSSR count). The second kappa shape index (κ2) is 10.9. The standard InChI is InChI=1S/C29H30ClF2N9O2/c1-38-25-24(30)23(43-22-15-35-41-11-7-33-13-21(22)41)14-34-26(25)37-28(38)36-20-12-19(18-4-5-18)16-40(27(20)42)10-3-9-39-8-2-6-29(31,32)17-39/h7,11-16,18H,2-6,8-10,17H2,1H3,(H,34,36,37). The van der Waals surface area contributed by atoms with Gasteiger partial charge in [-0.1, -0.05) is 11.6 Å². The molecule has 1 saturated carbocycles. The van der Waals surface area contributed by atoms with E-state index in [1.807, 2.05) is 12.3 Å². The van der Waals surface area contributed by atoms with Gasteiger partial charge in [-0.2, -0.15) is 10.1 Å². The molecule has 11 nitrogen and oxygen atoms in total. The quantitative estimate of drug-likeness (QED) is 0.238. The van der Waals surface area contributed by atoms with Crippen LogP contribution in [0.15, 0.2) is 48.0 Å². The van der Waals surface area contributed by atoms with E-state index in [4.69, 9.17) is 16.3 Å². The van der Waals surface area contributed by atoms with Gasteiger partial charge in [-0.3, -0.25) is 14.7 Å². The Morgan fingerprint density at radius 1 is 1.19 bits per heavy atom. The number of nitrogens with one attached hydrogen (secondary N) is 1. The van der Waals surface area contributed by atoms with Gasteiger partial charge in [0.2, 0.25) is 5.95 Å². The van der Waals surface area contributed by atoms with Crippen LogP contribution in [0.1, 0.15) is 43.6 Å². The summed E-state index contributed by atoms with van der Waals surface area (Å²) in [5.74, 6) is -1.04. The minimum absolute atomic E-state index is 0.0571. The summed E-state index contributed by atoms with van der Waals surface area (Å²) in [6, 6.07) is 1.88. The van der Waals surface area contributed by atoms with Crippen molar-refractivity contribution in [1.82, 2.24) is 38.6 Å². The molecule has 1 aliphatic carbocycles. The summed E-state index contributed by atoms with van der Waals surface area (Å²) in [5.41, 5.74) is 2.85. The Morgan fingerprint density at radius 3 is 2.86 bits per heavy atom. The van der Waals surface area contributed by atoms with Crippen molar-refractivity contribution in [1.29, 1.82) is 0 Å². The monoisotopic (exact) mass is 609 g/mol. The molecule has 14 heteroatoms. The number of aromatic nitrogens is 7. The molecule has 0 atom stereocenters. The van der Waals surface area contributed by atoms with Crippen molar-refractivity contribution in [3.05, 3.63) is 64.2 Å². The zero-order chi connectivity index (χ0) is 29.7. The number of aryl methyl sites for hydroxylation is 2. The summed E-state index contributed by atoms with van der Waals surface area (Å²) in [7, 11) is 1.78. The normalized spacial score (nSPS) is 17.1. The Labute approximate surface area is 250 Å². The third kappa shape index (κ3) is 5.54. The van der Waals surface area contributed by atoms with Crippen LogP contribution in [0.25, 0.3) is 16.7 Å². The second-order valence-corrected chi connectivity index (χ2v) is 11.7. The molecule has 0 spiro atoms. The van der Waals surface area contributed by atoms with Gasteiger partial charge in [0, 0.05) is 45.1 Å². The first-order chi connectivity index (χ1) is 20.8. The maximum absolute atomic E-state index is 13.8. The lowest BCUT2D eigenvalue weighted by Gasteiger charge is -2.32. The van der Waals surface area contributed by atoms with Gasteiger partial charge in [-0.25, -0.2) is 18.3 Å². The van der Waals surface area contributed by atoms with E-state index < -0.39 is 5.92 Å². The lowest BCUT2D eigenvalue weighted by atomic mass is 10.1. The highest BCUT2D eigenvalue weighted by Crippen LogP contribution is 2.41. The number of piperidine rings is 1. The topological polar surface area (TPSA) is 107 Å². The fourth-order valence-electron chi connectivity index (χ4n) is 5.68. The average molecular weight is 610 g/mol. The van der Waals surface area contributed by atoms with Crippen molar-refractivity contribution >= 4 is 39.9 Å². The Morgan fingerprint density at radius 2 is 2.05 bits per heavy atom. The molecule has 6 heterocycles. The fraction of sp³-hybridized carbons (Fsp3) is 0.414. The van der Waals surface area contributed by atoms with E-state index in [0.29, 0.717) is 83.2 Å². The van der Waals surface area contributed by atoms with Gasteiger partial charge < -0.3 is 19.2 Å². The highest BCUT2D eigenvalue weighted by atomic mass is 35.5. The number of ether oxygens (including phenoxy) is 1. The molecule has 1 saturated heterocycles. The Balaban J connectivity index is 1.14. The maximum atomic E-state index is 13.8. The van der Waals surface area contributed by atoms with E-state index >= 15 is 0 Å². The molecule has 5 aromatic heterocycles. The van der Waals surface area contributed by atoms with E-state index in [1.165, 1.54) is 6.20 Å². The fourth-order valence-corrected chi connectivity index (χ4v) is 5.98. The van der Waals surface area contributed by atoms with Gasteiger partial charge in [0.15, 0.2) is 17.1 Å². The van der Waals surface area contributed by atoms with Crippen LogP contribution < -0.4 is 15.6 Å². The van der Waals surface area contributed by atoms with Crippen molar-refractivity contribution in [2.45, 2.75) is 50.5 Å². The SMILES string of the molecule is Cn1c(Nc2cc(C3CC3)cn(CCCN3CCCC(F)(F)C3)c2=O)nc2ncc(Oc3cnn4ccncc34)c(Cl)c21. The van der Waals surface area contributed by atoms with E-state index in [0.717, 1.165) is 18.4 Å². The number of hydrogen-bond donors (Lipinski definition) is 1. The molecule has 1 N–H and O–H groups in total. The number of alkyl halides is 2. The van der Waals surface area contributed by atoms with Crippen LogP contribution >= 0.6 is 11.6 Å². The molecular formula is C29H30ClF2N9O2. The third-order valence-electron chi connectivity index (χ3n) is 8.06. The molecule has 0 unspecified atom stereocenters. The predicted octanol–water partition coefficient (Wildman–Crippen LogP) is 5.36. The minimum atomic E-state index is -2.64. The van der Waals surface area contributed by atoms with Gasteiger partial charge in [-0.05, 0) is 49.8 Å². The number of rotatable bonds is 9. The van der Waals surface area contributed by atoms with E-state index in [9.17, 15) is 13.6 Å². The molecule has 43 heavy (non-hydrogen) atoms. The number of hydrogen-bond acceptors (Lipinski definition) is 8. The van der Waals surface area contributed by atoms with E-state index in [2.05, 4.69) is 25.4 Å². The largest absolute Gasteiger partial charge is 0.450 e. The van der Waals surface area contributed by atoms with Crippen LogP contribution in [-0.2, 0) is 13.6 Å². The molecule has 0 aromatic carbocycles. The first-order valence-corrected chi connectivity index (χ1v) is 14.7. The first-order valence-electron chi connectivity index (χ1n) is 14.3. The smallest absolute Gasteiger partial charge is 0.274 e. The Bertz CT molecular complexity index is 1880. The summed E-state index contributed by atoms with van der Waals surface area (Å²) in [5, 5.41) is 7.78. The van der Waals surface area contributed by atoms with Gasteiger partial charge in [0.25, 0.3) is 11.5 Å². The number of nitrogens with zero attached hydrogens (tertiary/aromatic N) is 8. The molecule has 224 valence electrons. The summed E-state index contributed by atoms with van der Waals surface area (Å²) in [4.78, 5) is 28.5. The molecule has 0 amide bonds. The van der Waals surface area contributed by atoms with Gasteiger partial charge >= 0.3 is 0 Å². The number of pyridine rings is 2. The van der Waals surface area contributed by atoms with Crippen LogP contribution in [0.5, 0.6) is 11.5 Å². The number of imidazole rings is 1. The zero-order valence-electron chi connectivity index (χ0n) is 23.5. The summed E-state index contributed by atoms with van der Waals surface area (Å²) in [6.07, 6.45) is 13.1. The minimum Gasteiger partial charge on any atom is -0.450 e. The molecule has 1 aliphatic heterocycles. The third-order valence-corrected chi connectivity index (χ3v) is 8.43. The molecule has 5 aromatic rings. The van der Waals surface area contributed by atoms with Crippen LogP contribution in [0.4, 0.5) is 20.4 Å². The average Bonchev–Trinajstić information content (AvgIpc) is 3.68. The van der Waals surface area contributed by atoms with Gasteiger partial charge in [-0.15, -0.1) is 0 Å². The highest BCUT2D eigenvalue weighted by molar-refractivity contribution is 6.36. The second-order valence-electron chi connectivity index (χ2n) is 11.3. The van der Waals surface area contributed by atoms with Crippen LogP contribution in [0.2, 0.25) is 5.02 Å². The Hall–Kier alpha value is -4.10.